The first kappa shape index (κ1) is 11.4. The third-order valence-corrected chi connectivity index (χ3v) is 4.16. The van der Waals surface area contributed by atoms with Gasteiger partial charge < -0.3 is 16.4 Å². The predicted molar refractivity (Wildman–Crippen MR) is 63.8 cm³/mol. The maximum Gasteiger partial charge on any atom is 0.0193 e. The van der Waals surface area contributed by atoms with Crippen molar-refractivity contribution >= 4 is 0 Å². The lowest BCUT2D eigenvalue weighted by Gasteiger charge is -2.41. The minimum absolute atomic E-state index is 0.361. The molecule has 5 atom stereocenters. The van der Waals surface area contributed by atoms with Gasteiger partial charge in [-0.25, -0.2) is 0 Å². The zero-order valence-corrected chi connectivity index (χ0v) is 10.00. The fraction of sp³-hybridized carbons (Fsp3) is 1.00. The molecule has 0 aliphatic carbocycles. The summed E-state index contributed by atoms with van der Waals surface area (Å²) in [5.74, 6) is 0.858. The number of nitrogens with one attached hydrogen (secondary N) is 2. The molecule has 88 valence electrons. The Hall–Kier alpha value is -0.120. The smallest absolute Gasteiger partial charge is 0.0193 e. The summed E-state index contributed by atoms with van der Waals surface area (Å²) in [6, 6.07) is 2.26. The van der Waals surface area contributed by atoms with E-state index in [0.717, 1.165) is 5.92 Å². The highest BCUT2D eigenvalue weighted by Crippen LogP contribution is 2.26. The Morgan fingerprint density at radius 2 is 1.93 bits per heavy atom. The molecule has 5 unspecified atom stereocenters. The molecule has 0 saturated carbocycles. The normalized spacial score (nSPS) is 47.8. The number of rotatable bonds is 1. The molecule has 3 nitrogen and oxygen atoms in total. The SMILES string of the molecule is CC1CC(C2CCC(N)C(C)N2)CCN1. The van der Waals surface area contributed by atoms with E-state index in [1.54, 1.807) is 0 Å². The summed E-state index contributed by atoms with van der Waals surface area (Å²) in [6.45, 7) is 5.70. The standard InChI is InChI=1S/C12H25N3/c1-8-7-10(5-6-14-8)12-4-3-11(13)9(2)15-12/h8-12,14-15H,3-7,13H2,1-2H3. The highest BCUT2D eigenvalue weighted by atomic mass is 15.0. The lowest BCUT2D eigenvalue weighted by Crippen LogP contribution is -2.56. The van der Waals surface area contributed by atoms with E-state index in [1.165, 1.54) is 32.2 Å². The van der Waals surface area contributed by atoms with E-state index in [-0.39, 0.29) is 0 Å². The summed E-state index contributed by atoms with van der Waals surface area (Å²) < 4.78 is 0. The van der Waals surface area contributed by atoms with Gasteiger partial charge in [0.15, 0.2) is 0 Å². The topological polar surface area (TPSA) is 50.1 Å². The molecule has 0 aromatic carbocycles. The molecule has 0 radical (unpaired) electrons. The Balaban J connectivity index is 1.87. The van der Waals surface area contributed by atoms with Crippen LogP contribution < -0.4 is 16.4 Å². The maximum absolute atomic E-state index is 6.02. The Morgan fingerprint density at radius 1 is 1.13 bits per heavy atom. The van der Waals surface area contributed by atoms with E-state index < -0.39 is 0 Å². The molecule has 0 bridgehead atoms. The van der Waals surface area contributed by atoms with Crippen LogP contribution in [0, 0.1) is 5.92 Å². The molecule has 4 N–H and O–H groups in total. The third-order valence-electron chi connectivity index (χ3n) is 4.16. The Labute approximate surface area is 93.2 Å². The fourth-order valence-corrected chi connectivity index (χ4v) is 3.07. The van der Waals surface area contributed by atoms with Gasteiger partial charge >= 0.3 is 0 Å². The molecule has 15 heavy (non-hydrogen) atoms. The van der Waals surface area contributed by atoms with E-state index in [0.29, 0.717) is 24.2 Å². The van der Waals surface area contributed by atoms with Crippen LogP contribution in [0.1, 0.15) is 39.5 Å². The molecular formula is C12H25N3. The monoisotopic (exact) mass is 211 g/mol. The molecule has 2 saturated heterocycles. The molecule has 0 amide bonds. The van der Waals surface area contributed by atoms with Crippen LogP contribution in [-0.2, 0) is 0 Å². The summed E-state index contributed by atoms with van der Waals surface area (Å²) in [5, 5.41) is 7.22. The van der Waals surface area contributed by atoms with Gasteiger partial charge in [-0.15, -0.1) is 0 Å². The van der Waals surface area contributed by atoms with Crippen molar-refractivity contribution in [1.29, 1.82) is 0 Å². The van der Waals surface area contributed by atoms with Crippen LogP contribution in [0.2, 0.25) is 0 Å². The Kier molecular flexibility index (Phi) is 3.65. The van der Waals surface area contributed by atoms with Gasteiger partial charge in [0.1, 0.15) is 0 Å². The van der Waals surface area contributed by atoms with Crippen LogP contribution >= 0.6 is 0 Å². The van der Waals surface area contributed by atoms with Crippen LogP contribution in [0.25, 0.3) is 0 Å². The van der Waals surface area contributed by atoms with Crippen LogP contribution in [0.3, 0.4) is 0 Å². The van der Waals surface area contributed by atoms with Gasteiger partial charge in [-0.05, 0) is 52.0 Å². The van der Waals surface area contributed by atoms with Crippen LogP contribution in [-0.4, -0.2) is 30.7 Å². The minimum atomic E-state index is 0.361. The molecule has 2 rings (SSSR count). The molecule has 0 aromatic rings. The van der Waals surface area contributed by atoms with Gasteiger partial charge in [0.05, 0.1) is 0 Å². The molecule has 2 aliphatic rings. The van der Waals surface area contributed by atoms with Gasteiger partial charge in [0, 0.05) is 24.2 Å². The first-order valence-corrected chi connectivity index (χ1v) is 6.42. The maximum atomic E-state index is 6.02. The first-order chi connectivity index (χ1) is 7.16. The Bertz CT molecular complexity index is 207. The highest BCUT2D eigenvalue weighted by Gasteiger charge is 2.31. The molecule has 2 aliphatic heterocycles. The highest BCUT2D eigenvalue weighted by molar-refractivity contribution is 4.92. The van der Waals surface area contributed by atoms with E-state index in [2.05, 4.69) is 24.5 Å². The lowest BCUT2D eigenvalue weighted by atomic mass is 9.81. The molecule has 2 fully saturated rings. The summed E-state index contributed by atoms with van der Waals surface area (Å²) in [5.41, 5.74) is 6.02. The molecular weight excluding hydrogens is 186 g/mol. The fourth-order valence-electron chi connectivity index (χ4n) is 3.07. The lowest BCUT2D eigenvalue weighted by molar-refractivity contribution is 0.186. The van der Waals surface area contributed by atoms with Gasteiger partial charge in [-0.2, -0.15) is 0 Å². The number of hydrogen-bond donors (Lipinski definition) is 3. The summed E-state index contributed by atoms with van der Waals surface area (Å²) in [4.78, 5) is 0. The summed E-state index contributed by atoms with van der Waals surface area (Å²) >= 11 is 0. The first-order valence-electron chi connectivity index (χ1n) is 6.42. The van der Waals surface area contributed by atoms with Gasteiger partial charge in [-0.3, -0.25) is 0 Å². The Morgan fingerprint density at radius 3 is 2.60 bits per heavy atom. The van der Waals surface area contributed by atoms with Crippen molar-refractivity contribution in [3.63, 3.8) is 0 Å². The largest absolute Gasteiger partial charge is 0.326 e. The van der Waals surface area contributed by atoms with E-state index in [4.69, 9.17) is 5.73 Å². The number of hydrogen-bond acceptors (Lipinski definition) is 3. The second-order valence-corrected chi connectivity index (χ2v) is 5.44. The van der Waals surface area contributed by atoms with Crippen molar-refractivity contribution in [2.45, 2.75) is 63.7 Å². The number of piperidine rings is 2. The summed E-state index contributed by atoms with van der Waals surface area (Å²) in [7, 11) is 0. The third kappa shape index (κ3) is 2.71. The van der Waals surface area contributed by atoms with Crippen molar-refractivity contribution in [1.82, 2.24) is 10.6 Å². The zero-order chi connectivity index (χ0) is 10.8. The van der Waals surface area contributed by atoms with E-state index in [1.807, 2.05) is 0 Å². The van der Waals surface area contributed by atoms with Crippen molar-refractivity contribution in [3.05, 3.63) is 0 Å². The molecule has 3 heteroatoms. The van der Waals surface area contributed by atoms with E-state index >= 15 is 0 Å². The second-order valence-electron chi connectivity index (χ2n) is 5.44. The van der Waals surface area contributed by atoms with Crippen LogP contribution in [0.4, 0.5) is 0 Å². The van der Waals surface area contributed by atoms with Crippen LogP contribution in [0.15, 0.2) is 0 Å². The van der Waals surface area contributed by atoms with Crippen molar-refractivity contribution in [2.24, 2.45) is 11.7 Å². The average molecular weight is 211 g/mol. The van der Waals surface area contributed by atoms with Crippen molar-refractivity contribution in [3.8, 4) is 0 Å². The van der Waals surface area contributed by atoms with Gasteiger partial charge in [0.25, 0.3) is 0 Å². The van der Waals surface area contributed by atoms with Gasteiger partial charge in [0.2, 0.25) is 0 Å². The zero-order valence-electron chi connectivity index (χ0n) is 10.00. The van der Waals surface area contributed by atoms with Crippen LogP contribution in [0.5, 0.6) is 0 Å². The summed E-state index contributed by atoms with van der Waals surface area (Å²) in [6.07, 6.45) is 5.10. The quantitative estimate of drug-likeness (QED) is 0.602. The molecule has 2 heterocycles. The molecule has 0 spiro atoms. The van der Waals surface area contributed by atoms with Crippen molar-refractivity contribution < 1.29 is 0 Å². The van der Waals surface area contributed by atoms with Crippen molar-refractivity contribution in [2.75, 3.05) is 6.54 Å². The van der Waals surface area contributed by atoms with E-state index in [9.17, 15) is 0 Å². The number of nitrogens with two attached hydrogens (primary N) is 1. The molecule has 0 aromatic heterocycles. The predicted octanol–water partition coefficient (Wildman–Crippen LogP) is 0.842. The average Bonchev–Trinajstić information content (AvgIpc) is 2.22. The van der Waals surface area contributed by atoms with Gasteiger partial charge in [-0.1, -0.05) is 0 Å². The minimum Gasteiger partial charge on any atom is -0.326 e. The second kappa shape index (κ2) is 4.81.